The van der Waals surface area contributed by atoms with Crippen molar-refractivity contribution in [2.45, 2.75) is 18.6 Å². The number of nitrogens with zero attached hydrogens (tertiary/aromatic N) is 1. The first kappa shape index (κ1) is 16.3. The van der Waals surface area contributed by atoms with E-state index in [4.69, 9.17) is 9.47 Å². The van der Waals surface area contributed by atoms with Gasteiger partial charge >= 0.3 is 6.18 Å². The van der Waals surface area contributed by atoms with Gasteiger partial charge in [0.05, 0.1) is 14.2 Å². The number of rotatable bonds is 5. The summed E-state index contributed by atoms with van der Waals surface area (Å²) in [7, 11) is 2.98. The summed E-state index contributed by atoms with van der Waals surface area (Å²) in [6.07, 6.45) is -4.07. The van der Waals surface area contributed by atoms with Crippen LogP contribution in [-0.4, -0.2) is 50.3 Å². The minimum absolute atomic E-state index is 0.0805. The van der Waals surface area contributed by atoms with Crippen molar-refractivity contribution in [1.29, 1.82) is 0 Å². The van der Waals surface area contributed by atoms with Gasteiger partial charge in [0.1, 0.15) is 24.1 Å². The fourth-order valence-electron chi connectivity index (χ4n) is 2.34. The molecule has 1 aliphatic heterocycles. The van der Waals surface area contributed by atoms with Crippen LogP contribution in [0.15, 0.2) is 18.2 Å². The molecule has 1 atom stereocenters. The van der Waals surface area contributed by atoms with Gasteiger partial charge in [-0.25, -0.2) is 0 Å². The van der Waals surface area contributed by atoms with Crippen LogP contribution in [0.2, 0.25) is 0 Å². The third kappa shape index (κ3) is 3.96. The lowest BCUT2D eigenvalue weighted by molar-refractivity contribution is -0.157. The van der Waals surface area contributed by atoms with Crippen LogP contribution in [0.1, 0.15) is 6.42 Å². The van der Waals surface area contributed by atoms with E-state index in [0.717, 1.165) is 4.90 Å². The van der Waals surface area contributed by atoms with Crippen LogP contribution < -0.4 is 14.8 Å². The molecule has 0 aromatic heterocycles. The molecule has 1 aromatic rings. The summed E-state index contributed by atoms with van der Waals surface area (Å²) in [4.78, 5) is 12.8. The normalized spacial score (nSPS) is 18.5. The molecule has 1 aromatic carbocycles. The predicted molar refractivity (Wildman–Crippen MR) is 74.2 cm³/mol. The summed E-state index contributed by atoms with van der Waals surface area (Å²) in [5.41, 5.74) is 0.559. The van der Waals surface area contributed by atoms with Gasteiger partial charge in [-0.1, -0.05) is 0 Å². The molecule has 8 heteroatoms. The summed E-state index contributed by atoms with van der Waals surface area (Å²) in [6.45, 7) is -1.14. The van der Waals surface area contributed by atoms with Gasteiger partial charge in [-0.05, 0) is 6.42 Å². The molecule has 1 amide bonds. The van der Waals surface area contributed by atoms with Crippen molar-refractivity contribution in [2.24, 2.45) is 0 Å². The molecular weight excluding hydrogens is 301 g/mol. The zero-order valence-corrected chi connectivity index (χ0v) is 12.2. The maximum atomic E-state index is 12.4. The van der Waals surface area contributed by atoms with Gasteiger partial charge in [0, 0.05) is 30.4 Å². The van der Waals surface area contributed by atoms with E-state index in [9.17, 15) is 18.0 Å². The minimum Gasteiger partial charge on any atom is -0.497 e. The van der Waals surface area contributed by atoms with Crippen molar-refractivity contribution in [2.75, 3.05) is 32.6 Å². The molecule has 0 bridgehead atoms. The Balaban J connectivity index is 2.07. The van der Waals surface area contributed by atoms with E-state index in [1.54, 1.807) is 18.2 Å². The second kappa shape index (κ2) is 6.33. The zero-order chi connectivity index (χ0) is 16.3. The second-order valence-corrected chi connectivity index (χ2v) is 4.96. The lowest BCUT2D eigenvalue weighted by atomic mass is 10.2. The molecule has 2 rings (SSSR count). The quantitative estimate of drug-likeness (QED) is 0.905. The Hall–Kier alpha value is -2.12. The van der Waals surface area contributed by atoms with Crippen molar-refractivity contribution in [3.05, 3.63) is 18.2 Å². The van der Waals surface area contributed by atoms with Crippen LogP contribution in [0.4, 0.5) is 18.9 Å². The topological polar surface area (TPSA) is 50.8 Å². The van der Waals surface area contributed by atoms with Gasteiger partial charge in [-0.3, -0.25) is 4.79 Å². The molecule has 0 spiro atoms. The standard InChI is InChI=1S/C14H17F3N2O3/c1-21-10-5-9(6-11(7-10)22-2)18-12-3-4-19(13(12)20)8-14(15,16)17/h5-7,12,18H,3-4,8H2,1-2H3. The smallest absolute Gasteiger partial charge is 0.406 e. The van der Waals surface area contributed by atoms with E-state index in [-0.39, 0.29) is 6.54 Å². The van der Waals surface area contributed by atoms with Crippen LogP contribution in [0.5, 0.6) is 11.5 Å². The van der Waals surface area contributed by atoms with E-state index in [1.807, 2.05) is 0 Å². The summed E-state index contributed by atoms with van der Waals surface area (Å²) < 4.78 is 47.4. The number of methoxy groups -OCH3 is 2. The molecule has 1 unspecified atom stereocenters. The van der Waals surface area contributed by atoms with E-state index in [0.29, 0.717) is 23.6 Å². The molecule has 1 aliphatic rings. The molecule has 5 nitrogen and oxygen atoms in total. The number of ether oxygens (including phenoxy) is 2. The van der Waals surface area contributed by atoms with Crippen molar-refractivity contribution in [1.82, 2.24) is 4.90 Å². The molecule has 1 N–H and O–H groups in total. The Morgan fingerprint density at radius 1 is 1.23 bits per heavy atom. The first-order valence-electron chi connectivity index (χ1n) is 6.67. The first-order chi connectivity index (χ1) is 10.3. The minimum atomic E-state index is -4.39. The Morgan fingerprint density at radius 3 is 2.32 bits per heavy atom. The fourth-order valence-corrected chi connectivity index (χ4v) is 2.34. The van der Waals surface area contributed by atoms with Crippen molar-refractivity contribution >= 4 is 11.6 Å². The summed E-state index contributed by atoms with van der Waals surface area (Å²) >= 11 is 0. The molecule has 122 valence electrons. The summed E-state index contributed by atoms with van der Waals surface area (Å²) in [6, 6.07) is 4.29. The Kier molecular flexibility index (Phi) is 4.68. The first-order valence-corrected chi connectivity index (χ1v) is 6.67. The van der Waals surface area contributed by atoms with Crippen LogP contribution in [0.25, 0.3) is 0 Å². The number of alkyl halides is 3. The van der Waals surface area contributed by atoms with Crippen LogP contribution >= 0.6 is 0 Å². The number of hydrogen-bond acceptors (Lipinski definition) is 4. The largest absolute Gasteiger partial charge is 0.497 e. The van der Waals surface area contributed by atoms with E-state index in [1.165, 1.54) is 14.2 Å². The lowest BCUT2D eigenvalue weighted by Gasteiger charge is -2.19. The number of likely N-dealkylation sites (tertiary alicyclic amines) is 1. The van der Waals surface area contributed by atoms with Crippen molar-refractivity contribution in [3.8, 4) is 11.5 Å². The average Bonchev–Trinajstić information content (AvgIpc) is 2.78. The third-order valence-corrected chi connectivity index (χ3v) is 3.36. The third-order valence-electron chi connectivity index (χ3n) is 3.36. The maximum absolute atomic E-state index is 12.4. The highest BCUT2D eigenvalue weighted by molar-refractivity contribution is 5.87. The summed E-state index contributed by atoms with van der Waals surface area (Å²) in [5, 5.41) is 2.94. The number of carbonyl (C=O) groups is 1. The second-order valence-electron chi connectivity index (χ2n) is 4.96. The number of carbonyl (C=O) groups excluding carboxylic acids is 1. The maximum Gasteiger partial charge on any atom is 0.406 e. The fraction of sp³-hybridized carbons (Fsp3) is 0.500. The average molecular weight is 318 g/mol. The molecule has 0 saturated carbocycles. The van der Waals surface area contributed by atoms with Gasteiger partial charge in [-0.2, -0.15) is 13.2 Å². The van der Waals surface area contributed by atoms with Gasteiger partial charge in [0.25, 0.3) is 0 Å². The highest BCUT2D eigenvalue weighted by Crippen LogP contribution is 2.28. The number of amides is 1. The van der Waals surface area contributed by atoms with Gasteiger partial charge < -0.3 is 19.7 Å². The highest BCUT2D eigenvalue weighted by atomic mass is 19.4. The molecule has 1 saturated heterocycles. The van der Waals surface area contributed by atoms with E-state index >= 15 is 0 Å². The monoisotopic (exact) mass is 318 g/mol. The number of anilines is 1. The molecule has 0 radical (unpaired) electrons. The highest BCUT2D eigenvalue weighted by Gasteiger charge is 2.39. The molecule has 1 heterocycles. The SMILES string of the molecule is COc1cc(NC2CCN(CC(F)(F)F)C2=O)cc(OC)c1. The Labute approximate surface area is 126 Å². The number of hydrogen-bond donors (Lipinski definition) is 1. The molecule has 0 aliphatic carbocycles. The van der Waals surface area contributed by atoms with Crippen LogP contribution in [0, 0.1) is 0 Å². The molecule has 22 heavy (non-hydrogen) atoms. The van der Waals surface area contributed by atoms with Gasteiger partial charge in [0.15, 0.2) is 0 Å². The summed E-state index contributed by atoms with van der Waals surface area (Å²) in [5.74, 6) is 0.498. The molecular formula is C14H17F3N2O3. The number of nitrogens with one attached hydrogen (secondary N) is 1. The number of benzene rings is 1. The van der Waals surface area contributed by atoms with Crippen molar-refractivity contribution in [3.63, 3.8) is 0 Å². The Morgan fingerprint density at radius 2 is 1.82 bits per heavy atom. The lowest BCUT2D eigenvalue weighted by Crippen LogP contribution is -2.39. The van der Waals surface area contributed by atoms with Crippen molar-refractivity contribution < 1.29 is 27.4 Å². The predicted octanol–water partition coefficient (Wildman–Crippen LogP) is 2.28. The van der Waals surface area contributed by atoms with Gasteiger partial charge in [-0.15, -0.1) is 0 Å². The van der Waals surface area contributed by atoms with Crippen LogP contribution in [0.3, 0.4) is 0 Å². The molecule has 1 fully saturated rings. The zero-order valence-electron chi connectivity index (χ0n) is 12.2. The Bertz CT molecular complexity index is 526. The van der Waals surface area contributed by atoms with Gasteiger partial charge in [0.2, 0.25) is 5.91 Å². The van der Waals surface area contributed by atoms with E-state index < -0.39 is 24.7 Å². The van der Waals surface area contributed by atoms with E-state index in [2.05, 4.69) is 5.32 Å². The number of halogens is 3. The van der Waals surface area contributed by atoms with Crippen LogP contribution in [-0.2, 0) is 4.79 Å².